The molecule has 0 spiro atoms. The SMILES string of the molecule is Cn1c(=O)n(C)c2cc(NC(=O)C(N)C3CCOCC3)ccc21. The third-order valence-corrected chi connectivity index (χ3v) is 4.62. The number of nitrogens with zero attached hydrogens (tertiary/aromatic N) is 2. The predicted octanol–water partition coefficient (Wildman–Crippen LogP) is 0.569. The Hall–Kier alpha value is -2.12. The second-order valence-corrected chi connectivity index (χ2v) is 6.07. The van der Waals surface area contributed by atoms with Gasteiger partial charge in [0, 0.05) is 33.0 Å². The molecule has 23 heavy (non-hydrogen) atoms. The molecule has 7 nitrogen and oxygen atoms in total. The predicted molar refractivity (Wildman–Crippen MR) is 88.3 cm³/mol. The van der Waals surface area contributed by atoms with Crippen molar-refractivity contribution in [3.63, 3.8) is 0 Å². The minimum absolute atomic E-state index is 0.0950. The first-order valence-corrected chi connectivity index (χ1v) is 7.78. The zero-order valence-corrected chi connectivity index (χ0v) is 13.4. The Morgan fingerprint density at radius 2 is 1.91 bits per heavy atom. The van der Waals surface area contributed by atoms with E-state index in [9.17, 15) is 9.59 Å². The van der Waals surface area contributed by atoms with Crippen molar-refractivity contribution >= 4 is 22.6 Å². The smallest absolute Gasteiger partial charge is 0.328 e. The number of fused-ring (bicyclic) bond motifs is 1. The number of ether oxygens (including phenoxy) is 1. The van der Waals surface area contributed by atoms with Gasteiger partial charge in [0.1, 0.15) is 0 Å². The molecule has 1 saturated heterocycles. The highest BCUT2D eigenvalue weighted by atomic mass is 16.5. The van der Waals surface area contributed by atoms with Gasteiger partial charge in [-0.3, -0.25) is 13.9 Å². The Bertz CT molecular complexity index is 786. The van der Waals surface area contributed by atoms with Crippen LogP contribution in [0.25, 0.3) is 11.0 Å². The summed E-state index contributed by atoms with van der Waals surface area (Å²) < 4.78 is 8.44. The van der Waals surface area contributed by atoms with Crippen LogP contribution in [0.3, 0.4) is 0 Å². The number of nitrogens with one attached hydrogen (secondary N) is 1. The molecule has 1 aliphatic rings. The van der Waals surface area contributed by atoms with Gasteiger partial charge in [-0.2, -0.15) is 0 Å². The summed E-state index contributed by atoms with van der Waals surface area (Å²) in [4.78, 5) is 24.3. The van der Waals surface area contributed by atoms with Crippen LogP contribution in [0.2, 0.25) is 0 Å². The number of carbonyl (C=O) groups is 1. The summed E-state index contributed by atoms with van der Waals surface area (Å²) in [5, 5.41) is 2.86. The number of hydrogen-bond acceptors (Lipinski definition) is 4. The monoisotopic (exact) mass is 318 g/mol. The number of aryl methyl sites for hydroxylation is 2. The van der Waals surface area contributed by atoms with Crippen molar-refractivity contribution < 1.29 is 9.53 Å². The summed E-state index contributed by atoms with van der Waals surface area (Å²) in [5.74, 6) is -0.0502. The molecule has 0 saturated carbocycles. The van der Waals surface area contributed by atoms with E-state index in [0.717, 1.165) is 23.9 Å². The van der Waals surface area contributed by atoms with Crippen LogP contribution in [0.5, 0.6) is 0 Å². The Balaban J connectivity index is 1.79. The van der Waals surface area contributed by atoms with E-state index < -0.39 is 6.04 Å². The highest BCUT2D eigenvalue weighted by molar-refractivity contribution is 5.96. The van der Waals surface area contributed by atoms with Crippen LogP contribution >= 0.6 is 0 Å². The molecule has 1 aliphatic heterocycles. The highest BCUT2D eigenvalue weighted by Crippen LogP contribution is 2.21. The second kappa shape index (κ2) is 6.17. The molecule has 2 aromatic rings. The lowest BCUT2D eigenvalue weighted by molar-refractivity contribution is -0.119. The highest BCUT2D eigenvalue weighted by Gasteiger charge is 2.26. The van der Waals surface area contributed by atoms with E-state index in [2.05, 4.69) is 5.32 Å². The van der Waals surface area contributed by atoms with Crippen molar-refractivity contribution in [2.24, 2.45) is 25.7 Å². The normalized spacial score (nSPS) is 17.3. The Kier molecular flexibility index (Phi) is 4.23. The maximum Gasteiger partial charge on any atom is 0.328 e. The second-order valence-electron chi connectivity index (χ2n) is 6.07. The van der Waals surface area contributed by atoms with Crippen molar-refractivity contribution in [1.29, 1.82) is 0 Å². The average molecular weight is 318 g/mol. The minimum Gasteiger partial charge on any atom is -0.381 e. The summed E-state index contributed by atoms with van der Waals surface area (Å²) in [5.41, 5.74) is 8.23. The van der Waals surface area contributed by atoms with Crippen LogP contribution in [-0.2, 0) is 23.6 Å². The van der Waals surface area contributed by atoms with Gasteiger partial charge in [-0.15, -0.1) is 0 Å². The number of nitrogens with two attached hydrogens (primary N) is 1. The third-order valence-electron chi connectivity index (χ3n) is 4.62. The van der Waals surface area contributed by atoms with Gasteiger partial charge in [0.05, 0.1) is 17.1 Å². The first-order chi connectivity index (χ1) is 11.0. The van der Waals surface area contributed by atoms with Crippen molar-refractivity contribution in [3.05, 3.63) is 28.7 Å². The Labute approximate surface area is 134 Å². The molecule has 7 heteroatoms. The number of imidazole rings is 1. The molecule has 3 rings (SSSR count). The van der Waals surface area contributed by atoms with Crippen LogP contribution in [-0.4, -0.2) is 34.3 Å². The van der Waals surface area contributed by atoms with E-state index >= 15 is 0 Å². The number of amides is 1. The van der Waals surface area contributed by atoms with Crippen LogP contribution in [0, 0.1) is 5.92 Å². The molecule has 1 aromatic heterocycles. The molecular formula is C16H22N4O3. The molecule has 124 valence electrons. The Morgan fingerprint density at radius 1 is 1.26 bits per heavy atom. The molecule has 1 aromatic carbocycles. The van der Waals surface area contributed by atoms with E-state index in [1.54, 1.807) is 35.4 Å². The summed E-state index contributed by atoms with van der Waals surface area (Å²) in [6, 6.07) is 4.86. The lowest BCUT2D eigenvalue weighted by atomic mass is 9.92. The fraction of sp³-hybridized carbons (Fsp3) is 0.500. The first kappa shape index (κ1) is 15.8. The van der Waals surface area contributed by atoms with Crippen LogP contribution < -0.4 is 16.7 Å². The van der Waals surface area contributed by atoms with Crippen molar-refractivity contribution in [2.45, 2.75) is 18.9 Å². The van der Waals surface area contributed by atoms with Crippen LogP contribution in [0.15, 0.2) is 23.0 Å². The van der Waals surface area contributed by atoms with Crippen molar-refractivity contribution in [2.75, 3.05) is 18.5 Å². The number of benzene rings is 1. The van der Waals surface area contributed by atoms with Gasteiger partial charge in [-0.1, -0.05) is 0 Å². The topological polar surface area (TPSA) is 91.3 Å². The van der Waals surface area contributed by atoms with Gasteiger partial charge in [0.2, 0.25) is 5.91 Å². The molecule has 3 N–H and O–H groups in total. The molecule has 1 atom stereocenters. The van der Waals surface area contributed by atoms with E-state index in [1.165, 1.54) is 0 Å². The fourth-order valence-electron chi connectivity index (χ4n) is 3.10. The van der Waals surface area contributed by atoms with Gasteiger partial charge in [0.25, 0.3) is 0 Å². The van der Waals surface area contributed by atoms with Gasteiger partial charge in [-0.05, 0) is 37.0 Å². The first-order valence-electron chi connectivity index (χ1n) is 7.78. The maximum atomic E-state index is 12.4. The van der Waals surface area contributed by atoms with Crippen molar-refractivity contribution in [3.8, 4) is 0 Å². The molecular weight excluding hydrogens is 296 g/mol. The lowest BCUT2D eigenvalue weighted by Gasteiger charge is -2.26. The van der Waals surface area contributed by atoms with Gasteiger partial charge in [0.15, 0.2) is 0 Å². The molecule has 2 heterocycles. The number of carbonyl (C=O) groups excluding carboxylic acids is 1. The summed E-state index contributed by atoms with van der Waals surface area (Å²) in [6.45, 7) is 1.31. The number of rotatable bonds is 3. The van der Waals surface area contributed by atoms with E-state index in [4.69, 9.17) is 10.5 Å². The van der Waals surface area contributed by atoms with Crippen molar-refractivity contribution in [1.82, 2.24) is 9.13 Å². The summed E-state index contributed by atoms with van der Waals surface area (Å²) >= 11 is 0. The van der Waals surface area contributed by atoms with E-state index in [0.29, 0.717) is 18.9 Å². The van der Waals surface area contributed by atoms with Gasteiger partial charge in [-0.25, -0.2) is 4.79 Å². The number of anilines is 1. The standard InChI is InChI=1S/C16H22N4O3/c1-19-12-4-3-11(9-13(12)20(2)16(19)22)18-15(21)14(17)10-5-7-23-8-6-10/h3-4,9-10,14H,5-8,17H2,1-2H3,(H,18,21). The van der Waals surface area contributed by atoms with E-state index in [1.807, 2.05) is 6.07 Å². The average Bonchev–Trinajstić information content (AvgIpc) is 2.79. The largest absolute Gasteiger partial charge is 0.381 e. The van der Waals surface area contributed by atoms with Gasteiger partial charge >= 0.3 is 5.69 Å². The summed E-state index contributed by atoms with van der Waals surface area (Å²) in [6.07, 6.45) is 1.61. The lowest BCUT2D eigenvalue weighted by Crippen LogP contribution is -2.44. The third kappa shape index (κ3) is 2.89. The number of hydrogen-bond donors (Lipinski definition) is 2. The maximum absolute atomic E-state index is 12.4. The molecule has 0 aliphatic carbocycles. The fourth-order valence-corrected chi connectivity index (χ4v) is 3.10. The molecule has 1 amide bonds. The molecule has 0 radical (unpaired) electrons. The van der Waals surface area contributed by atoms with E-state index in [-0.39, 0.29) is 17.5 Å². The molecule has 0 bridgehead atoms. The quantitative estimate of drug-likeness (QED) is 0.865. The van der Waals surface area contributed by atoms with Crippen LogP contribution in [0.1, 0.15) is 12.8 Å². The van der Waals surface area contributed by atoms with Crippen LogP contribution in [0.4, 0.5) is 5.69 Å². The zero-order valence-electron chi connectivity index (χ0n) is 13.4. The number of aromatic nitrogens is 2. The Morgan fingerprint density at radius 3 is 2.61 bits per heavy atom. The molecule has 1 fully saturated rings. The zero-order chi connectivity index (χ0) is 16.6. The summed E-state index contributed by atoms with van der Waals surface area (Å²) in [7, 11) is 3.44. The minimum atomic E-state index is -0.547. The van der Waals surface area contributed by atoms with Gasteiger partial charge < -0.3 is 15.8 Å². The molecule has 1 unspecified atom stereocenters.